The van der Waals surface area contributed by atoms with Gasteiger partial charge in [0.05, 0.1) is 0 Å². The maximum absolute atomic E-state index is 12.6. The number of hydrogen-bond donors (Lipinski definition) is 2. The molecule has 0 aliphatic carbocycles. The number of nitrogens with zero attached hydrogens (tertiary/aromatic N) is 2. The summed E-state index contributed by atoms with van der Waals surface area (Å²) in [4.78, 5) is 30.0. The molecule has 6 heteroatoms. The van der Waals surface area contributed by atoms with Gasteiger partial charge in [-0.15, -0.1) is 0 Å². The SMILES string of the molecule is CC(=O)Nc1ccc(NC(=O)c2ccnc(N(C)Cc3ccccc3)c2)cc1. The Morgan fingerprint density at radius 2 is 1.57 bits per heavy atom. The molecule has 0 fully saturated rings. The van der Waals surface area contributed by atoms with Crippen LogP contribution in [0.25, 0.3) is 0 Å². The lowest BCUT2D eigenvalue weighted by atomic mass is 10.2. The first kappa shape index (κ1) is 19.1. The molecule has 0 aliphatic rings. The maximum Gasteiger partial charge on any atom is 0.255 e. The first-order chi connectivity index (χ1) is 13.5. The minimum atomic E-state index is -0.218. The monoisotopic (exact) mass is 374 g/mol. The average Bonchev–Trinajstić information content (AvgIpc) is 2.70. The molecule has 0 bridgehead atoms. The number of pyridine rings is 1. The Labute approximate surface area is 164 Å². The Bertz CT molecular complexity index is 956. The topological polar surface area (TPSA) is 74.3 Å². The van der Waals surface area contributed by atoms with Crippen molar-refractivity contribution in [2.24, 2.45) is 0 Å². The maximum atomic E-state index is 12.6. The van der Waals surface area contributed by atoms with Gasteiger partial charge in [-0.1, -0.05) is 30.3 Å². The molecule has 0 radical (unpaired) electrons. The van der Waals surface area contributed by atoms with E-state index in [4.69, 9.17) is 0 Å². The fraction of sp³-hybridized carbons (Fsp3) is 0.136. The highest BCUT2D eigenvalue weighted by atomic mass is 16.2. The molecule has 28 heavy (non-hydrogen) atoms. The fourth-order valence-electron chi connectivity index (χ4n) is 2.75. The van der Waals surface area contributed by atoms with Crippen LogP contribution in [0, 0.1) is 0 Å². The van der Waals surface area contributed by atoms with Gasteiger partial charge >= 0.3 is 0 Å². The molecule has 0 saturated carbocycles. The molecule has 0 saturated heterocycles. The normalized spacial score (nSPS) is 10.2. The van der Waals surface area contributed by atoms with Crippen LogP contribution in [0.4, 0.5) is 17.2 Å². The Morgan fingerprint density at radius 1 is 0.929 bits per heavy atom. The fourth-order valence-corrected chi connectivity index (χ4v) is 2.75. The zero-order chi connectivity index (χ0) is 19.9. The zero-order valence-corrected chi connectivity index (χ0v) is 15.8. The van der Waals surface area contributed by atoms with Gasteiger partial charge in [-0.25, -0.2) is 4.98 Å². The van der Waals surface area contributed by atoms with Gasteiger partial charge in [0.15, 0.2) is 0 Å². The molecule has 0 aliphatic heterocycles. The summed E-state index contributed by atoms with van der Waals surface area (Å²) in [5.74, 6) is 0.363. The van der Waals surface area contributed by atoms with Crippen LogP contribution in [0.1, 0.15) is 22.8 Å². The van der Waals surface area contributed by atoms with Crippen molar-refractivity contribution in [3.8, 4) is 0 Å². The molecule has 2 N–H and O–H groups in total. The van der Waals surface area contributed by atoms with Gasteiger partial charge in [0.2, 0.25) is 5.91 Å². The Hall–Kier alpha value is -3.67. The number of rotatable bonds is 6. The highest BCUT2D eigenvalue weighted by molar-refractivity contribution is 6.04. The molecular formula is C22H22N4O2. The number of benzene rings is 2. The smallest absolute Gasteiger partial charge is 0.255 e. The lowest BCUT2D eigenvalue weighted by Gasteiger charge is -2.18. The van der Waals surface area contributed by atoms with Gasteiger partial charge < -0.3 is 15.5 Å². The first-order valence-electron chi connectivity index (χ1n) is 8.91. The van der Waals surface area contributed by atoms with Crippen LogP contribution in [0.15, 0.2) is 72.9 Å². The molecule has 2 amide bonds. The predicted molar refractivity (Wildman–Crippen MR) is 111 cm³/mol. The summed E-state index contributed by atoms with van der Waals surface area (Å²) in [5.41, 5.74) is 3.02. The van der Waals surface area contributed by atoms with Crippen LogP contribution in [0.2, 0.25) is 0 Å². The van der Waals surface area contributed by atoms with Crippen molar-refractivity contribution >= 4 is 29.0 Å². The highest BCUT2D eigenvalue weighted by Gasteiger charge is 2.10. The lowest BCUT2D eigenvalue weighted by Crippen LogP contribution is -2.19. The van der Waals surface area contributed by atoms with Crippen molar-refractivity contribution < 1.29 is 9.59 Å². The number of hydrogen-bond acceptors (Lipinski definition) is 4. The van der Waals surface area contributed by atoms with E-state index in [1.165, 1.54) is 12.5 Å². The van der Waals surface area contributed by atoms with Crippen LogP contribution in [0.5, 0.6) is 0 Å². The van der Waals surface area contributed by atoms with Crippen LogP contribution < -0.4 is 15.5 Å². The van der Waals surface area contributed by atoms with Crippen molar-refractivity contribution in [2.75, 3.05) is 22.6 Å². The number of carbonyl (C=O) groups is 2. The minimum absolute atomic E-state index is 0.138. The lowest BCUT2D eigenvalue weighted by molar-refractivity contribution is -0.114. The van der Waals surface area contributed by atoms with Crippen molar-refractivity contribution in [3.63, 3.8) is 0 Å². The second-order valence-corrected chi connectivity index (χ2v) is 6.46. The second-order valence-electron chi connectivity index (χ2n) is 6.46. The third kappa shape index (κ3) is 5.17. The largest absolute Gasteiger partial charge is 0.355 e. The van der Waals surface area contributed by atoms with Crippen molar-refractivity contribution in [3.05, 3.63) is 84.1 Å². The van der Waals surface area contributed by atoms with Crippen molar-refractivity contribution in [1.82, 2.24) is 4.98 Å². The summed E-state index contributed by atoms with van der Waals surface area (Å²) < 4.78 is 0. The number of amides is 2. The van der Waals surface area contributed by atoms with E-state index in [9.17, 15) is 9.59 Å². The van der Waals surface area contributed by atoms with E-state index in [0.29, 0.717) is 23.5 Å². The van der Waals surface area contributed by atoms with Gasteiger partial charge in [-0.05, 0) is 42.0 Å². The molecule has 1 aromatic heterocycles. The van der Waals surface area contributed by atoms with E-state index in [2.05, 4.69) is 27.8 Å². The summed E-state index contributed by atoms with van der Waals surface area (Å²) in [6.45, 7) is 2.15. The molecule has 1 heterocycles. The van der Waals surface area contributed by atoms with E-state index in [-0.39, 0.29) is 11.8 Å². The summed E-state index contributed by atoms with van der Waals surface area (Å²) in [6, 6.07) is 20.5. The molecule has 3 rings (SSSR count). The third-order valence-corrected chi connectivity index (χ3v) is 4.12. The second kappa shape index (κ2) is 8.81. The quantitative estimate of drug-likeness (QED) is 0.686. The number of carbonyl (C=O) groups excluding carboxylic acids is 2. The standard InChI is InChI=1S/C22H22N4O2/c1-16(27)24-19-8-10-20(11-9-19)25-22(28)18-12-13-23-21(14-18)26(2)15-17-6-4-3-5-7-17/h3-14H,15H2,1-2H3,(H,24,27)(H,25,28). The molecule has 0 unspecified atom stereocenters. The van der Waals surface area contributed by atoms with Crippen LogP contribution in [0.3, 0.4) is 0 Å². The Balaban J connectivity index is 1.67. The van der Waals surface area contributed by atoms with E-state index < -0.39 is 0 Å². The average molecular weight is 374 g/mol. The highest BCUT2D eigenvalue weighted by Crippen LogP contribution is 2.17. The summed E-state index contributed by atoms with van der Waals surface area (Å²) in [7, 11) is 1.94. The molecule has 0 atom stereocenters. The number of anilines is 3. The van der Waals surface area contributed by atoms with E-state index in [0.717, 1.165) is 5.82 Å². The zero-order valence-electron chi connectivity index (χ0n) is 15.8. The van der Waals surface area contributed by atoms with Crippen LogP contribution in [-0.4, -0.2) is 23.8 Å². The van der Waals surface area contributed by atoms with Gasteiger partial charge in [0.1, 0.15) is 5.82 Å². The van der Waals surface area contributed by atoms with Crippen LogP contribution in [-0.2, 0) is 11.3 Å². The van der Waals surface area contributed by atoms with E-state index >= 15 is 0 Å². The molecule has 3 aromatic rings. The third-order valence-electron chi connectivity index (χ3n) is 4.12. The Morgan fingerprint density at radius 3 is 2.21 bits per heavy atom. The van der Waals surface area contributed by atoms with Crippen molar-refractivity contribution in [1.29, 1.82) is 0 Å². The number of nitrogens with one attached hydrogen (secondary N) is 2. The predicted octanol–water partition coefficient (Wildman–Crippen LogP) is 3.93. The van der Waals surface area contributed by atoms with Gasteiger partial charge in [0, 0.05) is 43.7 Å². The molecule has 6 nitrogen and oxygen atoms in total. The summed E-state index contributed by atoms with van der Waals surface area (Å²) in [6.07, 6.45) is 1.63. The van der Waals surface area contributed by atoms with Gasteiger partial charge in [0.25, 0.3) is 5.91 Å². The Kier molecular flexibility index (Phi) is 6.01. The molecule has 142 valence electrons. The van der Waals surface area contributed by atoms with E-state index in [1.807, 2.05) is 30.1 Å². The minimum Gasteiger partial charge on any atom is -0.355 e. The van der Waals surface area contributed by atoms with E-state index in [1.54, 1.807) is 42.6 Å². The van der Waals surface area contributed by atoms with Gasteiger partial charge in [-0.2, -0.15) is 0 Å². The molecule has 2 aromatic carbocycles. The summed E-state index contributed by atoms with van der Waals surface area (Å²) >= 11 is 0. The summed E-state index contributed by atoms with van der Waals surface area (Å²) in [5, 5.41) is 5.55. The van der Waals surface area contributed by atoms with Crippen LogP contribution >= 0.6 is 0 Å². The van der Waals surface area contributed by atoms with Gasteiger partial charge in [-0.3, -0.25) is 9.59 Å². The first-order valence-corrected chi connectivity index (χ1v) is 8.91. The van der Waals surface area contributed by atoms with Crippen molar-refractivity contribution in [2.45, 2.75) is 13.5 Å². The number of aromatic nitrogens is 1. The molecular weight excluding hydrogens is 352 g/mol. The molecule has 0 spiro atoms.